The highest BCUT2D eigenvalue weighted by Crippen LogP contribution is 2.26. The Bertz CT molecular complexity index is 928. The second kappa shape index (κ2) is 9.00. The maximum Gasteiger partial charge on any atom is 0.227 e. The van der Waals surface area contributed by atoms with E-state index >= 15 is 0 Å². The molecule has 1 aromatic heterocycles. The van der Waals surface area contributed by atoms with Crippen LogP contribution in [0.4, 0.5) is 11.5 Å². The summed E-state index contributed by atoms with van der Waals surface area (Å²) in [6.07, 6.45) is 3.81. The number of nitrogens with zero attached hydrogens (tertiary/aromatic N) is 4. The van der Waals surface area contributed by atoms with Gasteiger partial charge >= 0.3 is 0 Å². The molecule has 2 amide bonds. The lowest BCUT2D eigenvalue weighted by Crippen LogP contribution is -2.34. The predicted octanol–water partition coefficient (Wildman–Crippen LogP) is 3.10. The minimum atomic E-state index is -0.389. The number of hydrogen-bond acceptors (Lipinski definition) is 5. The molecule has 2 aliphatic heterocycles. The number of aryl methyl sites for hydroxylation is 1. The lowest BCUT2D eigenvalue weighted by atomic mass is 10.1. The molecule has 2 saturated heterocycles. The Kier molecular flexibility index (Phi) is 6.18. The molecule has 1 aromatic carbocycles. The fourth-order valence-corrected chi connectivity index (χ4v) is 4.17. The molecule has 8 heteroatoms. The first-order valence-corrected chi connectivity index (χ1v) is 10.8. The highest BCUT2D eigenvalue weighted by atomic mass is 35.5. The summed E-state index contributed by atoms with van der Waals surface area (Å²) in [4.78, 5) is 38.1. The van der Waals surface area contributed by atoms with Crippen molar-refractivity contribution in [2.75, 3.05) is 29.4 Å². The van der Waals surface area contributed by atoms with Gasteiger partial charge in [0.25, 0.3) is 0 Å². The number of carbonyl (C=O) groups is 2. The lowest BCUT2D eigenvalue weighted by Gasteiger charge is -2.28. The summed E-state index contributed by atoms with van der Waals surface area (Å²) in [6.45, 7) is 4.58. The van der Waals surface area contributed by atoms with Crippen molar-refractivity contribution < 1.29 is 9.59 Å². The quantitative estimate of drug-likeness (QED) is 0.793. The zero-order valence-electron chi connectivity index (χ0n) is 17.1. The highest BCUT2D eigenvalue weighted by Gasteiger charge is 2.35. The van der Waals surface area contributed by atoms with Crippen molar-refractivity contribution in [1.82, 2.24) is 15.3 Å². The first kappa shape index (κ1) is 20.6. The van der Waals surface area contributed by atoms with Gasteiger partial charge in [0.2, 0.25) is 11.8 Å². The van der Waals surface area contributed by atoms with Gasteiger partial charge in [-0.05, 0) is 50.5 Å². The first-order chi connectivity index (χ1) is 14.5. The molecule has 7 nitrogen and oxygen atoms in total. The molecule has 1 N–H and O–H groups in total. The number of hydrogen-bond donors (Lipinski definition) is 1. The monoisotopic (exact) mass is 427 g/mol. The van der Waals surface area contributed by atoms with Gasteiger partial charge in [0.15, 0.2) is 0 Å². The third kappa shape index (κ3) is 4.73. The zero-order valence-corrected chi connectivity index (χ0v) is 17.9. The topological polar surface area (TPSA) is 78.4 Å². The number of carbonyl (C=O) groups excluding carboxylic acids is 2. The summed E-state index contributed by atoms with van der Waals surface area (Å²) >= 11 is 5.92. The van der Waals surface area contributed by atoms with E-state index in [1.165, 1.54) is 19.3 Å². The van der Waals surface area contributed by atoms with E-state index in [1.807, 2.05) is 13.0 Å². The minimum absolute atomic E-state index is 0.0586. The zero-order chi connectivity index (χ0) is 21.1. The molecule has 3 heterocycles. The molecule has 0 radical (unpaired) electrons. The van der Waals surface area contributed by atoms with Crippen LogP contribution in [0.25, 0.3) is 0 Å². The number of piperidine rings is 1. The van der Waals surface area contributed by atoms with Crippen LogP contribution in [0, 0.1) is 12.8 Å². The standard InChI is InChI=1S/C22H26ClN5O2/c1-15-11-20(27-9-3-2-4-10-27)26-19(25-15)13-24-22(30)16-12-21(29)28(14-16)18-7-5-17(23)6-8-18/h5-8,11,16H,2-4,9-10,12-14H2,1H3,(H,24,30). The summed E-state index contributed by atoms with van der Waals surface area (Å²) in [5, 5.41) is 3.53. The van der Waals surface area contributed by atoms with Crippen LogP contribution in [-0.4, -0.2) is 41.4 Å². The number of rotatable bonds is 5. The van der Waals surface area contributed by atoms with Gasteiger partial charge in [-0.2, -0.15) is 0 Å². The van der Waals surface area contributed by atoms with Crippen LogP contribution in [-0.2, 0) is 16.1 Å². The summed E-state index contributed by atoms with van der Waals surface area (Å²) in [5.41, 5.74) is 1.65. The molecular weight excluding hydrogens is 402 g/mol. The molecule has 0 spiro atoms. The summed E-state index contributed by atoms with van der Waals surface area (Å²) in [6, 6.07) is 9.07. The van der Waals surface area contributed by atoms with Gasteiger partial charge in [-0.25, -0.2) is 9.97 Å². The van der Waals surface area contributed by atoms with Crippen LogP contribution in [0.5, 0.6) is 0 Å². The highest BCUT2D eigenvalue weighted by molar-refractivity contribution is 6.30. The number of benzene rings is 1. The summed E-state index contributed by atoms with van der Waals surface area (Å²) in [5.74, 6) is 0.930. The second-order valence-electron chi connectivity index (χ2n) is 7.93. The van der Waals surface area contributed by atoms with E-state index in [4.69, 9.17) is 11.6 Å². The molecule has 2 aliphatic rings. The van der Waals surface area contributed by atoms with E-state index in [9.17, 15) is 9.59 Å². The van der Waals surface area contributed by atoms with Gasteiger partial charge < -0.3 is 15.1 Å². The third-order valence-corrected chi connectivity index (χ3v) is 5.87. The number of anilines is 2. The predicted molar refractivity (Wildman–Crippen MR) is 117 cm³/mol. The Morgan fingerprint density at radius 3 is 2.63 bits per heavy atom. The Morgan fingerprint density at radius 2 is 1.90 bits per heavy atom. The van der Waals surface area contributed by atoms with Crippen molar-refractivity contribution in [2.45, 2.75) is 39.2 Å². The number of aromatic nitrogens is 2. The molecule has 4 rings (SSSR count). The Morgan fingerprint density at radius 1 is 1.17 bits per heavy atom. The molecule has 2 fully saturated rings. The van der Waals surface area contributed by atoms with Gasteiger partial charge in [0, 0.05) is 48.5 Å². The van der Waals surface area contributed by atoms with Crippen LogP contribution in [0.2, 0.25) is 5.02 Å². The van der Waals surface area contributed by atoms with Crippen molar-refractivity contribution in [3.8, 4) is 0 Å². The molecule has 0 aliphatic carbocycles. The van der Waals surface area contributed by atoms with E-state index in [1.54, 1.807) is 29.2 Å². The Labute approximate surface area is 181 Å². The third-order valence-electron chi connectivity index (χ3n) is 5.62. The van der Waals surface area contributed by atoms with Gasteiger partial charge in [-0.1, -0.05) is 11.6 Å². The van der Waals surface area contributed by atoms with Crippen molar-refractivity contribution in [1.29, 1.82) is 0 Å². The van der Waals surface area contributed by atoms with Crippen LogP contribution < -0.4 is 15.1 Å². The molecule has 0 bridgehead atoms. The average Bonchev–Trinajstić information content (AvgIpc) is 3.14. The van der Waals surface area contributed by atoms with Gasteiger partial charge in [0.1, 0.15) is 11.6 Å². The van der Waals surface area contributed by atoms with Gasteiger partial charge in [0.05, 0.1) is 12.5 Å². The van der Waals surface area contributed by atoms with E-state index in [0.29, 0.717) is 17.4 Å². The number of nitrogens with one attached hydrogen (secondary N) is 1. The molecule has 1 unspecified atom stereocenters. The molecular formula is C22H26ClN5O2. The lowest BCUT2D eigenvalue weighted by molar-refractivity contribution is -0.126. The van der Waals surface area contributed by atoms with Crippen molar-refractivity contribution in [3.05, 3.63) is 46.9 Å². The molecule has 1 atom stereocenters. The normalized spacial score (nSPS) is 19.3. The molecule has 0 saturated carbocycles. The van der Waals surface area contributed by atoms with E-state index < -0.39 is 0 Å². The van der Waals surface area contributed by atoms with Gasteiger partial charge in [-0.3, -0.25) is 9.59 Å². The van der Waals surface area contributed by atoms with E-state index in [0.717, 1.165) is 30.3 Å². The van der Waals surface area contributed by atoms with Gasteiger partial charge in [-0.15, -0.1) is 0 Å². The Balaban J connectivity index is 1.37. The number of amides is 2. The minimum Gasteiger partial charge on any atom is -0.357 e. The second-order valence-corrected chi connectivity index (χ2v) is 8.37. The molecule has 2 aromatic rings. The largest absolute Gasteiger partial charge is 0.357 e. The number of halogens is 1. The maximum atomic E-state index is 12.7. The molecule has 158 valence electrons. The molecule has 30 heavy (non-hydrogen) atoms. The average molecular weight is 428 g/mol. The summed E-state index contributed by atoms with van der Waals surface area (Å²) in [7, 11) is 0. The van der Waals surface area contributed by atoms with Crippen molar-refractivity contribution >= 4 is 34.9 Å². The Hall–Kier alpha value is -2.67. The smallest absolute Gasteiger partial charge is 0.227 e. The van der Waals surface area contributed by atoms with Crippen molar-refractivity contribution in [3.63, 3.8) is 0 Å². The fourth-order valence-electron chi connectivity index (χ4n) is 4.04. The maximum absolute atomic E-state index is 12.7. The van der Waals surface area contributed by atoms with Crippen LogP contribution >= 0.6 is 11.6 Å². The fraction of sp³-hybridized carbons (Fsp3) is 0.455. The SMILES string of the molecule is Cc1cc(N2CCCCC2)nc(CNC(=O)C2CC(=O)N(c3ccc(Cl)cc3)C2)n1. The van der Waals surface area contributed by atoms with Crippen LogP contribution in [0.15, 0.2) is 30.3 Å². The van der Waals surface area contributed by atoms with Crippen molar-refractivity contribution in [2.24, 2.45) is 5.92 Å². The van der Waals surface area contributed by atoms with Crippen LogP contribution in [0.1, 0.15) is 37.2 Å². The van der Waals surface area contributed by atoms with E-state index in [2.05, 4.69) is 20.2 Å². The van der Waals surface area contributed by atoms with E-state index in [-0.39, 0.29) is 30.7 Å². The summed E-state index contributed by atoms with van der Waals surface area (Å²) < 4.78 is 0. The van der Waals surface area contributed by atoms with Crippen LogP contribution in [0.3, 0.4) is 0 Å². The first-order valence-electron chi connectivity index (χ1n) is 10.4.